The van der Waals surface area contributed by atoms with Crippen LogP contribution in [0.15, 0.2) is 72.9 Å². The molecular weight excluding hydrogens is 530 g/mol. The molecule has 0 aliphatic heterocycles. The van der Waals surface area contributed by atoms with E-state index in [2.05, 4.69) is 10.0 Å². The maximum atomic E-state index is 12.5. The summed E-state index contributed by atoms with van der Waals surface area (Å²) < 4.78 is 38.0. The smallest absolute Gasteiger partial charge is 0.422 e. The quantitative estimate of drug-likeness (QED) is 0.255. The molecule has 208 valence electrons. The molecule has 3 aromatic heterocycles. The number of nitrogens with zero attached hydrogens (tertiary/aromatic N) is 4. The van der Waals surface area contributed by atoms with E-state index in [1.54, 1.807) is 25.3 Å². The van der Waals surface area contributed by atoms with Crippen LogP contribution in [0.25, 0.3) is 22.4 Å². The normalized spacial score (nSPS) is 12.1. The molecule has 3 heterocycles. The standard InChI is InChI=1S/C28H31N7O4S/c1-19-16-22-21(18-30-40(37,38)33-27(36)39-28(2,3)4)12-8-13-23(22)35(19)26-31-25(24-14-9-15-34(24)32-26)29-17-20-10-6-5-7-11-20/h5-16,30H,17-18H2,1-4H3,(H,33,36)(H,29,31,32). The number of aromatic nitrogens is 4. The minimum atomic E-state index is -4.15. The van der Waals surface area contributed by atoms with Crippen molar-refractivity contribution in [1.82, 2.24) is 28.6 Å². The number of carbonyl (C=O) groups excluding carboxylic acids is 1. The molecule has 40 heavy (non-hydrogen) atoms. The molecular formula is C28H31N7O4S. The van der Waals surface area contributed by atoms with Crippen LogP contribution in [0.5, 0.6) is 0 Å². The Bertz CT molecular complexity index is 1790. The second kappa shape index (κ2) is 10.6. The van der Waals surface area contributed by atoms with E-state index in [0.717, 1.165) is 33.2 Å². The van der Waals surface area contributed by atoms with Gasteiger partial charge in [-0.3, -0.25) is 4.57 Å². The van der Waals surface area contributed by atoms with Gasteiger partial charge in [0, 0.05) is 30.4 Å². The predicted molar refractivity (Wildman–Crippen MR) is 153 cm³/mol. The molecule has 0 aliphatic rings. The van der Waals surface area contributed by atoms with Crippen molar-refractivity contribution < 1.29 is 17.9 Å². The van der Waals surface area contributed by atoms with E-state index in [4.69, 9.17) is 14.8 Å². The van der Waals surface area contributed by atoms with Gasteiger partial charge in [0.05, 0.1) is 5.52 Å². The van der Waals surface area contributed by atoms with Crippen molar-refractivity contribution in [3.63, 3.8) is 0 Å². The van der Waals surface area contributed by atoms with Gasteiger partial charge < -0.3 is 10.1 Å². The number of hydrogen-bond acceptors (Lipinski definition) is 7. The molecule has 3 N–H and O–H groups in total. The third-order valence-electron chi connectivity index (χ3n) is 6.07. The first-order valence-corrected chi connectivity index (χ1v) is 14.2. The highest BCUT2D eigenvalue weighted by atomic mass is 32.2. The van der Waals surface area contributed by atoms with Crippen LogP contribution in [0.2, 0.25) is 0 Å². The Balaban J connectivity index is 1.43. The van der Waals surface area contributed by atoms with E-state index in [1.807, 2.05) is 89.1 Å². The lowest BCUT2D eigenvalue weighted by atomic mass is 10.1. The molecule has 0 fully saturated rings. The Morgan fingerprint density at radius 1 is 0.975 bits per heavy atom. The van der Waals surface area contributed by atoms with Crippen LogP contribution in [-0.4, -0.2) is 39.3 Å². The zero-order chi connectivity index (χ0) is 28.5. The summed E-state index contributed by atoms with van der Waals surface area (Å²) in [6, 6.07) is 21.5. The zero-order valence-electron chi connectivity index (χ0n) is 22.7. The topological polar surface area (TPSA) is 132 Å². The van der Waals surface area contributed by atoms with Gasteiger partial charge in [-0.2, -0.15) is 18.1 Å². The first-order valence-electron chi connectivity index (χ1n) is 12.7. The summed E-state index contributed by atoms with van der Waals surface area (Å²) in [7, 11) is -4.15. The van der Waals surface area contributed by atoms with Gasteiger partial charge >= 0.3 is 16.3 Å². The summed E-state index contributed by atoms with van der Waals surface area (Å²) >= 11 is 0. The molecule has 0 atom stereocenters. The van der Waals surface area contributed by atoms with Crippen LogP contribution in [-0.2, 0) is 28.0 Å². The summed E-state index contributed by atoms with van der Waals surface area (Å²) in [5, 5.41) is 9.00. The molecule has 0 saturated heterocycles. The summed E-state index contributed by atoms with van der Waals surface area (Å²) in [6.45, 7) is 7.46. The minimum absolute atomic E-state index is 0.0414. The number of ether oxygens (including phenoxy) is 1. The highest BCUT2D eigenvalue weighted by molar-refractivity contribution is 7.88. The molecule has 0 aliphatic carbocycles. The highest BCUT2D eigenvalue weighted by Crippen LogP contribution is 2.27. The monoisotopic (exact) mass is 561 g/mol. The van der Waals surface area contributed by atoms with Crippen molar-refractivity contribution in [1.29, 1.82) is 0 Å². The molecule has 0 bridgehead atoms. The van der Waals surface area contributed by atoms with Crippen molar-refractivity contribution >= 4 is 38.5 Å². The maximum Gasteiger partial charge on any atom is 0.422 e. The van der Waals surface area contributed by atoms with E-state index < -0.39 is 21.9 Å². The lowest BCUT2D eigenvalue weighted by Gasteiger charge is -2.19. The van der Waals surface area contributed by atoms with Gasteiger partial charge in [0.1, 0.15) is 11.1 Å². The zero-order valence-corrected chi connectivity index (χ0v) is 23.5. The Morgan fingerprint density at radius 3 is 2.48 bits per heavy atom. The number of aryl methyl sites for hydroxylation is 1. The second-order valence-electron chi connectivity index (χ2n) is 10.3. The third kappa shape index (κ3) is 6.08. The molecule has 11 nitrogen and oxygen atoms in total. The van der Waals surface area contributed by atoms with Gasteiger partial charge in [0.15, 0.2) is 5.82 Å². The first-order chi connectivity index (χ1) is 19.0. The van der Waals surface area contributed by atoms with E-state index in [0.29, 0.717) is 18.3 Å². The maximum absolute atomic E-state index is 12.5. The van der Waals surface area contributed by atoms with Gasteiger partial charge in [0.25, 0.3) is 5.95 Å². The first kappa shape index (κ1) is 27.2. The third-order valence-corrected chi connectivity index (χ3v) is 7.03. The minimum Gasteiger partial charge on any atom is -0.443 e. The molecule has 1 amide bonds. The summed E-state index contributed by atoms with van der Waals surface area (Å²) in [6.07, 6.45) is 0.821. The molecule has 5 aromatic rings. The van der Waals surface area contributed by atoms with E-state index in [-0.39, 0.29) is 6.54 Å². The van der Waals surface area contributed by atoms with E-state index in [1.165, 1.54) is 0 Å². The fourth-order valence-corrected chi connectivity index (χ4v) is 5.07. The molecule has 12 heteroatoms. The number of carbonyl (C=O) groups is 1. The van der Waals surface area contributed by atoms with Crippen LogP contribution in [0, 0.1) is 6.92 Å². The van der Waals surface area contributed by atoms with Gasteiger partial charge in [0.2, 0.25) is 0 Å². The molecule has 2 aromatic carbocycles. The van der Waals surface area contributed by atoms with Crippen molar-refractivity contribution in [2.45, 2.75) is 46.4 Å². The predicted octanol–water partition coefficient (Wildman–Crippen LogP) is 4.45. The summed E-state index contributed by atoms with van der Waals surface area (Å²) in [5.41, 5.74) is 3.56. The summed E-state index contributed by atoms with van der Waals surface area (Å²) in [4.78, 5) is 16.8. The Kier molecular flexibility index (Phi) is 7.21. The fourth-order valence-electron chi connectivity index (χ4n) is 4.39. The van der Waals surface area contributed by atoms with Gasteiger partial charge in [-0.25, -0.2) is 14.0 Å². The number of benzene rings is 2. The Hall–Kier alpha value is -4.42. The SMILES string of the molecule is Cc1cc2c(CNS(=O)(=O)NC(=O)OC(C)(C)C)cccc2n1-c1nc(NCc2ccccc2)c2cccn2n1. The Morgan fingerprint density at radius 2 is 1.73 bits per heavy atom. The van der Waals surface area contributed by atoms with Crippen LogP contribution in [0.4, 0.5) is 10.6 Å². The van der Waals surface area contributed by atoms with Crippen LogP contribution < -0.4 is 14.8 Å². The van der Waals surface area contributed by atoms with Crippen LogP contribution in [0.1, 0.15) is 37.6 Å². The highest BCUT2D eigenvalue weighted by Gasteiger charge is 2.22. The van der Waals surface area contributed by atoms with Crippen molar-refractivity contribution in [2.75, 3.05) is 5.32 Å². The lowest BCUT2D eigenvalue weighted by Crippen LogP contribution is -2.42. The average molecular weight is 562 g/mol. The number of hydrogen-bond donors (Lipinski definition) is 3. The van der Waals surface area contributed by atoms with E-state index in [9.17, 15) is 13.2 Å². The van der Waals surface area contributed by atoms with Gasteiger partial charge in [-0.15, -0.1) is 5.10 Å². The second-order valence-corrected chi connectivity index (χ2v) is 11.8. The van der Waals surface area contributed by atoms with Crippen molar-refractivity contribution in [3.05, 3.63) is 89.7 Å². The molecule has 0 unspecified atom stereocenters. The van der Waals surface area contributed by atoms with Gasteiger partial charge in [-0.05, 0) is 63.1 Å². The largest absolute Gasteiger partial charge is 0.443 e. The Labute approximate surface area is 232 Å². The fraction of sp³-hybridized carbons (Fsp3) is 0.250. The average Bonchev–Trinajstić information content (AvgIpc) is 3.49. The number of rotatable bonds is 8. The van der Waals surface area contributed by atoms with Crippen LogP contribution in [0.3, 0.4) is 0 Å². The van der Waals surface area contributed by atoms with Crippen LogP contribution >= 0.6 is 0 Å². The van der Waals surface area contributed by atoms with Crippen molar-refractivity contribution in [2.24, 2.45) is 0 Å². The lowest BCUT2D eigenvalue weighted by molar-refractivity contribution is 0.0569. The summed E-state index contributed by atoms with van der Waals surface area (Å²) in [5.74, 6) is 1.16. The number of amides is 1. The van der Waals surface area contributed by atoms with Gasteiger partial charge in [-0.1, -0.05) is 42.5 Å². The van der Waals surface area contributed by atoms with E-state index >= 15 is 0 Å². The number of nitrogens with one attached hydrogen (secondary N) is 3. The number of anilines is 1. The molecule has 5 rings (SSSR count). The molecule has 0 spiro atoms. The molecule has 0 saturated carbocycles. The number of fused-ring (bicyclic) bond motifs is 2. The molecule has 0 radical (unpaired) electrons. The van der Waals surface area contributed by atoms with Crippen molar-refractivity contribution in [3.8, 4) is 5.95 Å².